The molecule has 1 spiro atoms. The van der Waals surface area contributed by atoms with Gasteiger partial charge in [0.15, 0.2) is 0 Å². The summed E-state index contributed by atoms with van der Waals surface area (Å²) in [5, 5.41) is 0. The van der Waals surface area contributed by atoms with Crippen LogP contribution in [0.3, 0.4) is 0 Å². The van der Waals surface area contributed by atoms with E-state index < -0.39 is 0 Å². The molecule has 1 saturated heterocycles. The Morgan fingerprint density at radius 1 is 1.06 bits per heavy atom. The zero-order valence-corrected chi connectivity index (χ0v) is 11.3. The minimum absolute atomic E-state index is 0.500. The summed E-state index contributed by atoms with van der Waals surface area (Å²) in [4.78, 5) is 0. The minimum atomic E-state index is 0.500. The third kappa shape index (κ3) is 1.27. The van der Waals surface area contributed by atoms with Gasteiger partial charge in [-0.3, -0.25) is 0 Å². The highest BCUT2D eigenvalue weighted by molar-refractivity contribution is 5.09. The van der Waals surface area contributed by atoms with Gasteiger partial charge in [-0.1, -0.05) is 20.8 Å². The molecule has 92 valence electrons. The van der Waals surface area contributed by atoms with E-state index in [4.69, 9.17) is 4.74 Å². The quantitative estimate of drug-likeness (QED) is 0.601. The molecule has 0 N–H and O–H groups in total. The summed E-state index contributed by atoms with van der Waals surface area (Å²) in [6.45, 7) is 9.72. The number of rotatable bonds is 0. The smallest absolute Gasteiger partial charge is 0.0613 e. The van der Waals surface area contributed by atoms with E-state index in [-0.39, 0.29) is 0 Å². The van der Waals surface area contributed by atoms with E-state index in [0.717, 1.165) is 11.8 Å². The molecule has 3 fully saturated rings. The highest BCUT2D eigenvalue weighted by Crippen LogP contribution is 2.64. The van der Waals surface area contributed by atoms with Crippen LogP contribution in [0.2, 0.25) is 0 Å². The van der Waals surface area contributed by atoms with E-state index in [1.807, 2.05) is 0 Å². The molecule has 2 bridgehead atoms. The summed E-state index contributed by atoms with van der Waals surface area (Å²) < 4.78 is 6.25. The van der Waals surface area contributed by atoms with Crippen LogP contribution >= 0.6 is 0 Å². The average Bonchev–Trinajstić information content (AvgIpc) is 2.36. The maximum atomic E-state index is 6.25. The molecule has 3 rings (SSSR count). The zero-order chi connectivity index (χ0) is 11.6. The van der Waals surface area contributed by atoms with Crippen molar-refractivity contribution in [3.8, 4) is 0 Å². The fraction of sp³-hybridized carbons (Fsp3) is 1.00. The van der Waals surface area contributed by atoms with Crippen LogP contribution in [-0.2, 0) is 4.74 Å². The SMILES string of the molecule is CC1OC2CCC3CCC(C)(C)CC31C2C. The molecule has 16 heavy (non-hydrogen) atoms. The topological polar surface area (TPSA) is 9.23 Å². The van der Waals surface area contributed by atoms with Crippen molar-refractivity contribution in [1.82, 2.24) is 0 Å². The van der Waals surface area contributed by atoms with E-state index >= 15 is 0 Å². The summed E-state index contributed by atoms with van der Waals surface area (Å²) in [5.41, 5.74) is 1.05. The minimum Gasteiger partial charge on any atom is -0.374 e. The van der Waals surface area contributed by atoms with Gasteiger partial charge in [-0.05, 0) is 56.3 Å². The molecule has 1 heteroatoms. The summed E-state index contributed by atoms with van der Waals surface area (Å²) in [6.07, 6.45) is 8.07. The molecule has 1 nitrogen and oxygen atoms in total. The lowest BCUT2D eigenvalue weighted by Crippen LogP contribution is -2.50. The predicted molar refractivity (Wildman–Crippen MR) is 66.3 cm³/mol. The number of hydrogen-bond acceptors (Lipinski definition) is 1. The lowest BCUT2D eigenvalue weighted by molar-refractivity contribution is -0.0502. The first-order chi connectivity index (χ1) is 7.46. The zero-order valence-electron chi connectivity index (χ0n) is 11.3. The van der Waals surface area contributed by atoms with Gasteiger partial charge in [0.1, 0.15) is 0 Å². The summed E-state index contributed by atoms with van der Waals surface area (Å²) in [6, 6.07) is 0. The van der Waals surface area contributed by atoms with Gasteiger partial charge in [0.2, 0.25) is 0 Å². The molecule has 0 aromatic carbocycles. The van der Waals surface area contributed by atoms with E-state index in [0.29, 0.717) is 23.0 Å². The molecule has 0 aromatic rings. The van der Waals surface area contributed by atoms with Crippen LogP contribution in [-0.4, -0.2) is 12.2 Å². The molecule has 2 saturated carbocycles. The molecular weight excluding hydrogens is 196 g/mol. The predicted octanol–water partition coefficient (Wildman–Crippen LogP) is 4.02. The van der Waals surface area contributed by atoms with Gasteiger partial charge in [0.25, 0.3) is 0 Å². The van der Waals surface area contributed by atoms with Crippen molar-refractivity contribution in [2.75, 3.05) is 0 Å². The van der Waals surface area contributed by atoms with E-state index in [1.54, 1.807) is 0 Å². The Kier molecular flexibility index (Phi) is 2.25. The van der Waals surface area contributed by atoms with Crippen molar-refractivity contribution in [2.45, 2.75) is 72.0 Å². The molecule has 3 aliphatic rings. The van der Waals surface area contributed by atoms with Crippen LogP contribution < -0.4 is 0 Å². The van der Waals surface area contributed by atoms with Crippen LogP contribution in [0.15, 0.2) is 0 Å². The third-order valence-corrected chi connectivity index (χ3v) is 6.06. The van der Waals surface area contributed by atoms with Gasteiger partial charge in [0.05, 0.1) is 12.2 Å². The van der Waals surface area contributed by atoms with Gasteiger partial charge >= 0.3 is 0 Å². The van der Waals surface area contributed by atoms with Crippen molar-refractivity contribution in [2.24, 2.45) is 22.7 Å². The van der Waals surface area contributed by atoms with Gasteiger partial charge in [-0.2, -0.15) is 0 Å². The first-order valence-electron chi connectivity index (χ1n) is 7.11. The second-order valence-corrected chi connectivity index (χ2v) is 7.37. The second kappa shape index (κ2) is 3.25. The Bertz CT molecular complexity index is 296. The van der Waals surface area contributed by atoms with Gasteiger partial charge in [-0.15, -0.1) is 0 Å². The normalized spacial score (nSPS) is 54.8. The van der Waals surface area contributed by atoms with Gasteiger partial charge in [-0.25, -0.2) is 0 Å². The summed E-state index contributed by atoms with van der Waals surface area (Å²) in [7, 11) is 0. The van der Waals surface area contributed by atoms with Crippen molar-refractivity contribution in [3.05, 3.63) is 0 Å². The molecule has 0 radical (unpaired) electrons. The second-order valence-electron chi connectivity index (χ2n) is 7.37. The van der Waals surface area contributed by atoms with Crippen molar-refractivity contribution < 1.29 is 4.74 Å². The molecule has 0 amide bonds. The average molecular weight is 222 g/mol. The molecule has 0 aromatic heterocycles. The number of hydrogen-bond donors (Lipinski definition) is 0. The fourth-order valence-electron chi connectivity index (χ4n) is 5.22. The number of ether oxygens (including phenoxy) is 1. The maximum absolute atomic E-state index is 6.25. The van der Waals surface area contributed by atoms with Gasteiger partial charge < -0.3 is 4.74 Å². The highest BCUT2D eigenvalue weighted by Gasteiger charge is 2.61. The Balaban J connectivity index is 1.99. The highest BCUT2D eigenvalue weighted by atomic mass is 16.5. The maximum Gasteiger partial charge on any atom is 0.0613 e. The van der Waals surface area contributed by atoms with Crippen LogP contribution in [0.25, 0.3) is 0 Å². The lowest BCUT2D eigenvalue weighted by atomic mass is 9.49. The van der Waals surface area contributed by atoms with Crippen LogP contribution in [0.1, 0.15) is 59.8 Å². The van der Waals surface area contributed by atoms with Gasteiger partial charge in [0, 0.05) is 5.41 Å². The molecule has 5 atom stereocenters. The third-order valence-electron chi connectivity index (χ3n) is 6.06. The summed E-state index contributed by atoms with van der Waals surface area (Å²) in [5.74, 6) is 1.74. The number of fused-ring (bicyclic) bond motifs is 1. The monoisotopic (exact) mass is 222 g/mol. The molecule has 1 heterocycles. The standard InChI is InChI=1S/C15H26O/c1-10-13-6-5-12-7-8-14(3,4)9-15(10,12)11(2)16-13/h10-13H,5-9H2,1-4H3. The van der Waals surface area contributed by atoms with Crippen molar-refractivity contribution in [3.63, 3.8) is 0 Å². The van der Waals surface area contributed by atoms with Crippen molar-refractivity contribution in [1.29, 1.82) is 0 Å². The van der Waals surface area contributed by atoms with E-state index in [2.05, 4.69) is 27.7 Å². The molecule has 2 aliphatic carbocycles. The van der Waals surface area contributed by atoms with Crippen molar-refractivity contribution >= 4 is 0 Å². The Labute approximate surface area is 99.9 Å². The largest absolute Gasteiger partial charge is 0.374 e. The first kappa shape index (κ1) is 11.1. The fourth-order valence-corrected chi connectivity index (χ4v) is 5.22. The Morgan fingerprint density at radius 3 is 2.56 bits per heavy atom. The Morgan fingerprint density at radius 2 is 1.81 bits per heavy atom. The molecule has 1 aliphatic heterocycles. The molecule has 5 unspecified atom stereocenters. The van der Waals surface area contributed by atoms with E-state index in [9.17, 15) is 0 Å². The summed E-state index contributed by atoms with van der Waals surface area (Å²) >= 11 is 0. The molecular formula is C15H26O. The van der Waals surface area contributed by atoms with E-state index in [1.165, 1.54) is 32.1 Å². The Hall–Kier alpha value is -0.0400. The van der Waals surface area contributed by atoms with Crippen LogP contribution in [0, 0.1) is 22.7 Å². The lowest BCUT2D eigenvalue weighted by Gasteiger charge is -2.54. The first-order valence-corrected chi connectivity index (χ1v) is 7.11. The van der Waals surface area contributed by atoms with Crippen LogP contribution in [0.5, 0.6) is 0 Å². The van der Waals surface area contributed by atoms with Crippen LogP contribution in [0.4, 0.5) is 0 Å².